The lowest BCUT2D eigenvalue weighted by molar-refractivity contribution is 0.157. The van der Waals surface area contributed by atoms with Crippen molar-refractivity contribution in [3.63, 3.8) is 0 Å². The van der Waals surface area contributed by atoms with Gasteiger partial charge in [-0.05, 0) is 13.0 Å². The molecule has 7 nitrogen and oxygen atoms in total. The number of guanidine groups is 1. The van der Waals surface area contributed by atoms with Crippen molar-refractivity contribution >= 4 is 39.8 Å². The molecular formula is C17H30IN3O4S. The predicted octanol–water partition coefficient (Wildman–Crippen LogP) is 1.77. The molecule has 0 aliphatic heterocycles. The molecule has 0 bridgehead atoms. The van der Waals surface area contributed by atoms with Crippen LogP contribution in [0.15, 0.2) is 29.3 Å². The second kappa shape index (κ2) is 13.2. The van der Waals surface area contributed by atoms with Gasteiger partial charge in [-0.15, -0.1) is 24.0 Å². The van der Waals surface area contributed by atoms with Gasteiger partial charge in [0.15, 0.2) is 5.96 Å². The van der Waals surface area contributed by atoms with Gasteiger partial charge in [0.25, 0.3) is 0 Å². The largest absolute Gasteiger partial charge is 0.496 e. The molecule has 0 spiro atoms. The molecule has 150 valence electrons. The molecule has 0 aliphatic rings. The number of hydrogen-bond donors (Lipinski definition) is 1. The first kappa shape index (κ1) is 24.9. The summed E-state index contributed by atoms with van der Waals surface area (Å²) in [6.45, 7) is 4.46. The molecule has 9 heteroatoms. The van der Waals surface area contributed by atoms with E-state index in [1.807, 2.05) is 43.1 Å². The van der Waals surface area contributed by atoms with Crippen LogP contribution in [0.5, 0.6) is 5.75 Å². The van der Waals surface area contributed by atoms with E-state index < -0.39 is 9.84 Å². The van der Waals surface area contributed by atoms with Crippen LogP contribution < -0.4 is 10.1 Å². The third-order valence-electron chi connectivity index (χ3n) is 3.39. The second-order valence-electron chi connectivity index (χ2n) is 5.65. The van der Waals surface area contributed by atoms with Gasteiger partial charge >= 0.3 is 0 Å². The van der Waals surface area contributed by atoms with Crippen molar-refractivity contribution in [1.82, 2.24) is 10.2 Å². The van der Waals surface area contributed by atoms with Crippen LogP contribution in [0.1, 0.15) is 12.5 Å². The molecule has 1 rings (SSSR count). The molecule has 0 atom stereocenters. The standard InChI is InChI=1S/C17H29N3O4S.HI/c1-5-18-17(19-10-11-24-12-13-25(4,21)22)20(2)14-15-8-6-7-9-16(15)23-3;/h6-9H,5,10-14H2,1-4H3,(H,18,19);1H. The zero-order chi connectivity index (χ0) is 18.7. The van der Waals surface area contributed by atoms with Crippen molar-refractivity contribution in [1.29, 1.82) is 0 Å². The highest BCUT2D eigenvalue weighted by Crippen LogP contribution is 2.18. The number of sulfone groups is 1. The third-order valence-corrected chi connectivity index (χ3v) is 4.30. The minimum Gasteiger partial charge on any atom is -0.496 e. The summed E-state index contributed by atoms with van der Waals surface area (Å²) in [5.41, 5.74) is 1.07. The summed E-state index contributed by atoms with van der Waals surface area (Å²) in [7, 11) is 0.631. The van der Waals surface area contributed by atoms with Crippen LogP contribution in [0.3, 0.4) is 0 Å². The van der Waals surface area contributed by atoms with E-state index in [0.717, 1.165) is 23.8 Å². The Morgan fingerprint density at radius 3 is 2.58 bits per heavy atom. The Balaban J connectivity index is 0.00000625. The molecule has 0 amide bonds. The van der Waals surface area contributed by atoms with Crippen molar-refractivity contribution in [3.8, 4) is 5.75 Å². The summed E-state index contributed by atoms with van der Waals surface area (Å²) < 4.78 is 32.8. The van der Waals surface area contributed by atoms with Gasteiger partial charge in [-0.1, -0.05) is 18.2 Å². The van der Waals surface area contributed by atoms with E-state index in [2.05, 4.69) is 10.3 Å². The van der Waals surface area contributed by atoms with Gasteiger partial charge in [-0.25, -0.2) is 8.42 Å². The number of halogens is 1. The quantitative estimate of drug-likeness (QED) is 0.229. The van der Waals surface area contributed by atoms with Gasteiger partial charge in [0.05, 0.1) is 32.6 Å². The van der Waals surface area contributed by atoms with E-state index in [0.29, 0.717) is 19.7 Å². The Morgan fingerprint density at radius 2 is 1.96 bits per heavy atom. The minimum absolute atomic E-state index is 0. The number of benzene rings is 1. The van der Waals surface area contributed by atoms with Crippen LogP contribution in [-0.2, 0) is 21.1 Å². The molecule has 0 fully saturated rings. The Hall–Kier alpha value is -1.07. The fourth-order valence-electron chi connectivity index (χ4n) is 2.16. The van der Waals surface area contributed by atoms with Crippen LogP contribution in [0, 0.1) is 0 Å². The summed E-state index contributed by atoms with van der Waals surface area (Å²) in [5, 5.41) is 3.24. The van der Waals surface area contributed by atoms with Crippen LogP contribution >= 0.6 is 24.0 Å². The van der Waals surface area contributed by atoms with Crippen molar-refractivity contribution in [3.05, 3.63) is 29.8 Å². The van der Waals surface area contributed by atoms with E-state index in [-0.39, 0.29) is 36.3 Å². The number of hydrogen-bond acceptors (Lipinski definition) is 5. The summed E-state index contributed by atoms with van der Waals surface area (Å²) in [5.74, 6) is 1.64. The van der Waals surface area contributed by atoms with Gasteiger partial charge in [0.1, 0.15) is 15.6 Å². The van der Waals surface area contributed by atoms with Crippen LogP contribution in [0.25, 0.3) is 0 Å². The number of methoxy groups -OCH3 is 1. The van der Waals surface area contributed by atoms with E-state index in [9.17, 15) is 8.42 Å². The molecule has 1 N–H and O–H groups in total. The predicted molar refractivity (Wildman–Crippen MR) is 116 cm³/mol. The molecular weight excluding hydrogens is 469 g/mol. The molecule has 0 saturated heterocycles. The van der Waals surface area contributed by atoms with Crippen LogP contribution in [0.2, 0.25) is 0 Å². The minimum atomic E-state index is -2.98. The number of nitrogens with zero attached hydrogens (tertiary/aromatic N) is 2. The van der Waals surface area contributed by atoms with Crippen molar-refractivity contribution < 1.29 is 17.9 Å². The number of para-hydroxylation sites is 1. The zero-order valence-corrected chi connectivity index (χ0v) is 19.0. The Bertz CT molecular complexity index is 653. The third kappa shape index (κ3) is 10.2. The van der Waals surface area contributed by atoms with E-state index >= 15 is 0 Å². The molecule has 0 aromatic heterocycles. The van der Waals surface area contributed by atoms with Gasteiger partial charge in [-0.2, -0.15) is 0 Å². The van der Waals surface area contributed by atoms with Crippen molar-refractivity contribution in [2.75, 3.05) is 52.5 Å². The van der Waals surface area contributed by atoms with Gasteiger partial charge in [0.2, 0.25) is 0 Å². The highest BCUT2D eigenvalue weighted by molar-refractivity contribution is 14.0. The first-order chi connectivity index (χ1) is 11.9. The maximum atomic E-state index is 11.0. The van der Waals surface area contributed by atoms with Crippen molar-refractivity contribution in [2.45, 2.75) is 13.5 Å². The lowest BCUT2D eigenvalue weighted by Gasteiger charge is -2.23. The molecule has 0 heterocycles. The van der Waals surface area contributed by atoms with Gasteiger partial charge in [0, 0.05) is 32.0 Å². The first-order valence-electron chi connectivity index (χ1n) is 8.24. The molecule has 0 unspecified atom stereocenters. The highest BCUT2D eigenvalue weighted by Gasteiger charge is 2.09. The van der Waals surface area contributed by atoms with Crippen LogP contribution in [-0.4, -0.2) is 71.7 Å². The van der Waals surface area contributed by atoms with E-state index in [4.69, 9.17) is 9.47 Å². The SMILES string of the molecule is CCNC(=NCCOCCS(C)(=O)=O)N(C)Cc1ccccc1OC.I. The Morgan fingerprint density at radius 1 is 1.27 bits per heavy atom. The Kier molecular flexibility index (Phi) is 12.6. The number of nitrogens with one attached hydrogen (secondary N) is 1. The van der Waals surface area contributed by atoms with E-state index in [1.165, 1.54) is 6.26 Å². The lowest BCUT2D eigenvalue weighted by atomic mass is 10.2. The second-order valence-corrected chi connectivity index (χ2v) is 7.91. The maximum absolute atomic E-state index is 11.0. The molecule has 26 heavy (non-hydrogen) atoms. The van der Waals surface area contributed by atoms with Crippen LogP contribution in [0.4, 0.5) is 0 Å². The molecule has 0 saturated carbocycles. The summed E-state index contributed by atoms with van der Waals surface area (Å²) in [4.78, 5) is 6.53. The monoisotopic (exact) mass is 499 g/mol. The van der Waals surface area contributed by atoms with E-state index in [1.54, 1.807) is 7.11 Å². The number of ether oxygens (including phenoxy) is 2. The van der Waals surface area contributed by atoms with Gasteiger partial charge < -0.3 is 19.7 Å². The summed E-state index contributed by atoms with van der Waals surface area (Å²) >= 11 is 0. The summed E-state index contributed by atoms with van der Waals surface area (Å²) in [6.07, 6.45) is 1.20. The average molecular weight is 499 g/mol. The topological polar surface area (TPSA) is 80.2 Å². The normalized spacial score (nSPS) is 11.6. The van der Waals surface area contributed by atoms with Crippen molar-refractivity contribution in [2.24, 2.45) is 4.99 Å². The fourth-order valence-corrected chi connectivity index (χ4v) is 2.58. The Labute approximate surface area is 174 Å². The zero-order valence-electron chi connectivity index (χ0n) is 15.9. The van der Waals surface area contributed by atoms with Gasteiger partial charge in [-0.3, -0.25) is 4.99 Å². The number of aliphatic imine (C=N–C) groups is 1. The molecule has 0 aliphatic carbocycles. The smallest absolute Gasteiger partial charge is 0.194 e. The highest BCUT2D eigenvalue weighted by atomic mass is 127. The fraction of sp³-hybridized carbons (Fsp3) is 0.588. The summed E-state index contributed by atoms with van der Waals surface area (Å²) in [6, 6.07) is 7.87. The number of rotatable bonds is 10. The average Bonchev–Trinajstić information content (AvgIpc) is 2.56. The molecule has 1 aromatic rings. The lowest BCUT2D eigenvalue weighted by Crippen LogP contribution is -2.38. The molecule has 0 radical (unpaired) electrons. The molecule has 1 aromatic carbocycles. The maximum Gasteiger partial charge on any atom is 0.194 e. The first-order valence-corrected chi connectivity index (χ1v) is 10.3.